The van der Waals surface area contributed by atoms with Gasteiger partial charge in [-0.25, -0.2) is 4.98 Å². The first-order valence-electron chi connectivity index (χ1n) is 6.85. The molecule has 0 saturated heterocycles. The molecular formula is C16H17N3O2S. The predicted octanol–water partition coefficient (Wildman–Crippen LogP) is 3.03. The van der Waals surface area contributed by atoms with E-state index in [9.17, 15) is 9.59 Å². The molecule has 1 heterocycles. The summed E-state index contributed by atoms with van der Waals surface area (Å²) in [4.78, 5) is 27.4. The quantitative estimate of drug-likeness (QED) is 0.833. The maximum Gasteiger partial charge on any atom is 0.251 e. The Morgan fingerprint density at radius 1 is 1.23 bits per heavy atom. The molecular weight excluding hydrogens is 298 g/mol. The molecule has 0 aliphatic rings. The Kier molecular flexibility index (Phi) is 5.43. The molecule has 0 aliphatic heterocycles. The van der Waals surface area contributed by atoms with Gasteiger partial charge in [-0.15, -0.1) is 11.3 Å². The molecule has 0 saturated carbocycles. The Hall–Kier alpha value is -2.47. The highest BCUT2D eigenvalue weighted by Gasteiger charge is 2.07. The number of carbonyl (C=O) groups is 2. The van der Waals surface area contributed by atoms with Gasteiger partial charge in [0.15, 0.2) is 5.13 Å². The topological polar surface area (TPSA) is 71.1 Å². The van der Waals surface area contributed by atoms with E-state index in [4.69, 9.17) is 0 Å². The Bertz CT molecular complexity index is 678. The van der Waals surface area contributed by atoms with Crippen LogP contribution < -0.4 is 10.6 Å². The first kappa shape index (κ1) is 15.9. The fourth-order valence-electron chi connectivity index (χ4n) is 1.59. The van der Waals surface area contributed by atoms with E-state index in [-0.39, 0.29) is 17.7 Å². The van der Waals surface area contributed by atoms with Crippen LogP contribution in [-0.2, 0) is 9.59 Å². The average molecular weight is 315 g/mol. The van der Waals surface area contributed by atoms with E-state index < -0.39 is 0 Å². The first-order chi connectivity index (χ1) is 10.6. The Labute approximate surface area is 133 Å². The van der Waals surface area contributed by atoms with Gasteiger partial charge in [0.2, 0.25) is 5.91 Å². The van der Waals surface area contributed by atoms with E-state index >= 15 is 0 Å². The molecule has 22 heavy (non-hydrogen) atoms. The van der Waals surface area contributed by atoms with E-state index in [0.29, 0.717) is 5.13 Å². The number of nitrogens with zero attached hydrogens (tertiary/aromatic N) is 1. The summed E-state index contributed by atoms with van der Waals surface area (Å²) in [6, 6.07) is 9.74. The van der Waals surface area contributed by atoms with Gasteiger partial charge >= 0.3 is 0 Å². The van der Waals surface area contributed by atoms with Crippen molar-refractivity contribution in [1.82, 2.24) is 10.3 Å². The second-order valence-electron chi connectivity index (χ2n) is 4.89. The zero-order valence-electron chi connectivity index (χ0n) is 12.4. The third-order valence-corrected chi connectivity index (χ3v) is 3.55. The normalized spacial score (nSPS) is 10.9. The fraction of sp³-hybridized carbons (Fsp3) is 0.188. The van der Waals surface area contributed by atoms with Crippen LogP contribution in [0.4, 0.5) is 5.13 Å². The summed E-state index contributed by atoms with van der Waals surface area (Å²) in [6.45, 7) is 3.56. The lowest BCUT2D eigenvalue weighted by atomic mass is 10.2. The summed E-state index contributed by atoms with van der Waals surface area (Å²) >= 11 is 1.35. The summed E-state index contributed by atoms with van der Waals surface area (Å²) in [5.74, 6) is -0.595. The third kappa shape index (κ3) is 4.53. The summed E-state index contributed by atoms with van der Waals surface area (Å²) in [7, 11) is 0. The van der Waals surface area contributed by atoms with Crippen molar-refractivity contribution in [2.24, 2.45) is 5.92 Å². The van der Waals surface area contributed by atoms with E-state index in [0.717, 1.165) is 11.3 Å². The minimum atomic E-state index is -0.335. The number of hydrogen-bond acceptors (Lipinski definition) is 4. The zero-order chi connectivity index (χ0) is 15.9. The summed E-state index contributed by atoms with van der Waals surface area (Å²) in [5, 5.41) is 7.60. The highest BCUT2D eigenvalue weighted by Crippen LogP contribution is 2.24. The average Bonchev–Trinajstić information content (AvgIpc) is 2.96. The van der Waals surface area contributed by atoms with Crippen LogP contribution in [0, 0.1) is 5.92 Å². The van der Waals surface area contributed by atoms with Crippen molar-refractivity contribution >= 4 is 28.3 Å². The number of amides is 2. The smallest absolute Gasteiger partial charge is 0.251 e. The summed E-state index contributed by atoms with van der Waals surface area (Å²) < 4.78 is 0. The highest BCUT2D eigenvalue weighted by atomic mass is 32.1. The van der Waals surface area contributed by atoms with Gasteiger partial charge < -0.3 is 5.32 Å². The molecule has 1 aromatic carbocycles. The molecule has 2 rings (SSSR count). The molecule has 114 valence electrons. The van der Waals surface area contributed by atoms with Crippen molar-refractivity contribution in [1.29, 1.82) is 0 Å². The monoisotopic (exact) mass is 315 g/mol. The lowest BCUT2D eigenvalue weighted by molar-refractivity contribution is -0.123. The van der Waals surface area contributed by atoms with Gasteiger partial charge in [0.25, 0.3) is 5.91 Å². The van der Waals surface area contributed by atoms with Gasteiger partial charge in [-0.05, 0) is 0 Å². The Morgan fingerprint density at radius 2 is 1.95 bits per heavy atom. The molecule has 0 atom stereocenters. The molecule has 0 radical (unpaired) electrons. The molecule has 0 fully saturated rings. The van der Waals surface area contributed by atoms with E-state index in [1.807, 2.05) is 35.7 Å². The van der Waals surface area contributed by atoms with Gasteiger partial charge in [0, 0.05) is 29.1 Å². The number of nitrogens with one attached hydrogen (secondary N) is 2. The van der Waals surface area contributed by atoms with Crippen molar-refractivity contribution in [2.45, 2.75) is 13.8 Å². The summed E-state index contributed by atoms with van der Waals surface area (Å²) in [5.41, 5.74) is 1.82. The molecule has 2 amide bonds. The Balaban J connectivity index is 1.92. The minimum absolute atomic E-state index is 0.125. The van der Waals surface area contributed by atoms with Crippen molar-refractivity contribution in [3.8, 4) is 11.3 Å². The van der Waals surface area contributed by atoms with Crippen molar-refractivity contribution < 1.29 is 9.59 Å². The van der Waals surface area contributed by atoms with Gasteiger partial charge in [-0.3, -0.25) is 14.9 Å². The second-order valence-corrected chi connectivity index (χ2v) is 5.75. The van der Waals surface area contributed by atoms with Crippen molar-refractivity contribution in [3.63, 3.8) is 0 Å². The molecule has 0 unspecified atom stereocenters. The number of rotatable bonds is 5. The highest BCUT2D eigenvalue weighted by molar-refractivity contribution is 7.14. The maximum atomic E-state index is 11.7. The molecule has 5 nitrogen and oxygen atoms in total. The molecule has 2 N–H and O–H groups in total. The largest absolute Gasteiger partial charge is 0.332 e. The van der Waals surface area contributed by atoms with E-state index in [1.165, 1.54) is 23.6 Å². The van der Waals surface area contributed by atoms with Gasteiger partial charge in [0.1, 0.15) is 0 Å². The molecule has 6 heteroatoms. The fourth-order valence-corrected chi connectivity index (χ4v) is 2.31. The van der Waals surface area contributed by atoms with Gasteiger partial charge in [-0.1, -0.05) is 44.2 Å². The zero-order valence-corrected chi connectivity index (χ0v) is 13.2. The SMILES string of the molecule is CC(C)C(=O)NC=CC(=O)Nc1nc(-c2ccccc2)cs1. The van der Waals surface area contributed by atoms with Crippen LogP contribution in [0.15, 0.2) is 48.0 Å². The molecule has 0 bridgehead atoms. The first-order valence-corrected chi connectivity index (χ1v) is 7.73. The van der Waals surface area contributed by atoms with Crippen LogP contribution in [0.1, 0.15) is 13.8 Å². The Morgan fingerprint density at radius 3 is 2.64 bits per heavy atom. The van der Waals surface area contributed by atoms with Crippen LogP contribution in [-0.4, -0.2) is 16.8 Å². The van der Waals surface area contributed by atoms with Crippen LogP contribution in [0.5, 0.6) is 0 Å². The number of carbonyl (C=O) groups excluding carboxylic acids is 2. The lowest BCUT2D eigenvalue weighted by Gasteiger charge is -2.01. The minimum Gasteiger partial charge on any atom is -0.332 e. The number of thiazole rings is 1. The second kappa shape index (κ2) is 7.51. The van der Waals surface area contributed by atoms with E-state index in [1.54, 1.807) is 13.8 Å². The lowest BCUT2D eigenvalue weighted by Crippen LogP contribution is -2.23. The number of benzene rings is 1. The maximum absolute atomic E-state index is 11.7. The van der Waals surface area contributed by atoms with Crippen molar-refractivity contribution in [2.75, 3.05) is 5.32 Å². The predicted molar refractivity (Wildman–Crippen MR) is 88.3 cm³/mol. The molecule has 1 aromatic heterocycles. The van der Waals surface area contributed by atoms with Gasteiger partial charge in [-0.2, -0.15) is 0 Å². The van der Waals surface area contributed by atoms with Crippen LogP contribution in [0.25, 0.3) is 11.3 Å². The standard InChI is InChI=1S/C16H17N3O2S/c1-11(2)15(21)17-9-8-14(20)19-16-18-13(10-22-16)12-6-4-3-5-7-12/h3-11H,1-2H3,(H,17,21)(H,18,19,20). The third-order valence-electron chi connectivity index (χ3n) is 2.79. The summed E-state index contributed by atoms with van der Waals surface area (Å²) in [6.07, 6.45) is 2.60. The van der Waals surface area contributed by atoms with E-state index in [2.05, 4.69) is 15.6 Å². The molecule has 2 aromatic rings. The number of hydrogen-bond donors (Lipinski definition) is 2. The molecule has 0 aliphatic carbocycles. The molecule has 0 spiro atoms. The number of anilines is 1. The van der Waals surface area contributed by atoms with Gasteiger partial charge in [0.05, 0.1) is 5.69 Å². The number of aromatic nitrogens is 1. The van der Waals surface area contributed by atoms with Crippen LogP contribution in [0.3, 0.4) is 0 Å². The van der Waals surface area contributed by atoms with Crippen molar-refractivity contribution in [3.05, 3.63) is 48.0 Å². The van der Waals surface area contributed by atoms with Crippen LogP contribution in [0.2, 0.25) is 0 Å². The van der Waals surface area contributed by atoms with Crippen LogP contribution >= 0.6 is 11.3 Å².